The van der Waals surface area contributed by atoms with Crippen molar-refractivity contribution >= 4 is 39.1 Å². The molecule has 0 N–H and O–H groups in total. The van der Waals surface area contributed by atoms with E-state index in [4.69, 9.17) is 28.5 Å². The van der Waals surface area contributed by atoms with Crippen molar-refractivity contribution in [2.75, 3.05) is 0 Å². The van der Waals surface area contributed by atoms with E-state index in [0.29, 0.717) is 0 Å². The Balaban J connectivity index is 2.65. The minimum atomic E-state index is -4.28. The lowest BCUT2D eigenvalue weighted by atomic mass is 10.2. The number of benzene rings is 1. The van der Waals surface area contributed by atoms with Crippen LogP contribution >= 0.6 is 23.2 Å². The van der Waals surface area contributed by atoms with Gasteiger partial charge in [0.05, 0.1) is 0 Å². The van der Waals surface area contributed by atoms with Crippen molar-refractivity contribution in [3.8, 4) is 6.07 Å². The summed E-state index contributed by atoms with van der Waals surface area (Å²) in [6, 6.07) is 10.1. The minimum Gasteiger partial charge on any atom is -0.618 e. The van der Waals surface area contributed by atoms with Gasteiger partial charge in [-0.1, -0.05) is 29.3 Å². The predicted molar refractivity (Wildman–Crippen MR) is 82.6 cm³/mol. The minimum absolute atomic E-state index is 0.175. The van der Waals surface area contributed by atoms with Crippen molar-refractivity contribution in [3.05, 3.63) is 68.3 Å². The summed E-state index contributed by atoms with van der Waals surface area (Å²) >= 11 is 11.9. The third kappa shape index (κ3) is 3.07. The fourth-order valence-corrected chi connectivity index (χ4v) is 3.36. The zero-order valence-electron chi connectivity index (χ0n) is 10.9. The number of nitrogens with zero attached hydrogens (tertiary/aromatic N) is 2. The first kappa shape index (κ1) is 16.3. The fraction of sp³-hybridized carbons (Fsp3) is 0. The monoisotopic (exact) mass is 354 g/mol. The van der Waals surface area contributed by atoms with E-state index in [9.17, 15) is 13.6 Å². The molecular weight excluding hydrogens is 347 g/mol. The van der Waals surface area contributed by atoms with Gasteiger partial charge in [0.25, 0.3) is 9.84 Å². The van der Waals surface area contributed by atoms with Gasteiger partial charge in [-0.25, -0.2) is 8.42 Å². The zero-order valence-corrected chi connectivity index (χ0v) is 13.2. The highest BCUT2D eigenvalue weighted by molar-refractivity contribution is 7.95. The summed E-state index contributed by atoms with van der Waals surface area (Å²) in [7, 11) is -4.28. The molecule has 0 radical (unpaired) electrons. The summed E-state index contributed by atoms with van der Waals surface area (Å²) in [5.41, 5.74) is 0.194. The molecule has 0 saturated carbocycles. The zero-order chi connectivity index (χ0) is 16.3. The molecule has 0 aliphatic rings. The molecule has 112 valence electrons. The number of nitriles is 1. The van der Waals surface area contributed by atoms with Crippen LogP contribution in [0.2, 0.25) is 10.0 Å². The van der Waals surface area contributed by atoms with Crippen LogP contribution in [-0.2, 0) is 9.84 Å². The standard InChI is InChI=1S/C14H8Cl2N2O3S/c15-12-4-3-5-13(16)11(12)8-10(9-17)22(20,21)14-6-1-2-7-18(14)19/h1-8H/b10-8-. The van der Waals surface area contributed by atoms with E-state index in [2.05, 4.69) is 0 Å². The molecule has 0 fully saturated rings. The Morgan fingerprint density at radius 2 is 1.82 bits per heavy atom. The lowest BCUT2D eigenvalue weighted by molar-refractivity contribution is -0.646. The molecule has 0 unspecified atom stereocenters. The van der Waals surface area contributed by atoms with E-state index >= 15 is 0 Å². The molecule has 0 spiro atoms. The quantitative estimate of drug-likeness (QED) is 0.481. The van der Waals surface area contributed by atoms with Gasteiger partial charge >= 0.3 is 5.03 Å². The summed E-state index contributed by atoms with van der Waals surface area (Å²) in [6.07, 6.45) is 2.08. The predicted octanol–water partition coefficient (Wildman–Crippen LogP) is 2.97. The molecule has 0 aliphatic carbocycles. The van der Waals surface area contributed by atoms with Crippen LogP contribution in [-0.4, -0.2) is 8.42 Å². The third-order valence-electron chi connectivity index (χ3n) is 2.74. The van der Waals surface area contributed by atoms with Gasteiger partial charge in [-0.15, -0.1) is 0 Å². The summed E-state index contributed by atoms with van der Waals surface area (Å²) in [4.78, 5) is -0.627. The number of halogens is 2. The first-order valence-electron chi connectivity index (χ1n) is 5.87. The molecule has 0 atom stereocenters. The highest BCUT2D eigenvalue weighted by atomic mass is 35.5. The van der Waals surface area contributed by atoms with Gasteiger partial charge in [0.15, 0.2) is 11.1 Å². The number of aromatic nitrogens is 1. The van der Waals surface area contributed by atoms with Gasteiger partial charge < -0.3 is 5.21 Å². The van der Waals surface area contributed by atoms with Crippen molar-refractivity contribution in [3.63, 3.8) is 0 Å². The molecule has 2 rings (SSSR count). The van der Waals surface area contributed by atoms with Gasteiger partial charge in [-0.2, -0.15) is 9.99 Å². The molecule has 0 amide bonds. The van der Waals surface area contributed by atoms with Gasteiger partial charge in [-0.05, 0) is 24.3 Å². The molecule has 1 aromatic carbocycles. The molecule has 8 heteroatoms. The van der Waals surface area contributed by atoms with Crippen molar-refractivity contribution in [1.29, 1.82) is 5.26 Å². The Morgan fingerprint density at radius 3 is 2.36 bits per heavy atom. The lowest BCUT2D eigenvalue weighted by Crippen LogP contribution is -2.33. The lowest BCUT2D eigenvalue weighted by Gasteiger charge is -2.05. The molecule has 0 saturated heterocycles. The van der Waals surface area contributed by atoms with Crippen molar-refractivity contribution < 1.29 is 13.1 Å². The third-order valence-corrected chi connectivity index (χ3v) is 5.05. The second kappa shape index (κ2) is 6.36. The summed E-state index contributed by atoms with van der Waals surface area (Å²) < 4.78 is 25.0. The number of sulfone groups is 1. The second-order valence-electron chi connectivity index (χ2n) is 4.12. The normalized spacial score (nSPS) is 12.0. The van der Waals surface area contributed by atoms with Crippen LogP contribution in [0.15, 0.2) is 52.5 Å². The van der Waals surface area contributed by atoms with Gasteiger partial charge in [0.1, 0.15) is 6.07 Å². The molecule has 0 aliphatic heterocycles. The molecule has 5 nitrogen and oxygen atoms in total. The summed E-state index contributed by atoms with van der Waals surface area (Å²) in [5.74, 6) is 0. The average molecular weight is 355 g/mol. The topological polar surface area (TPSA) is 84.9 Å². The highest BCUT2D eigenvalue weighted by Gasteiger charge is 2.29. The number of hydrogen-bond acceptors (Lipinski definition) is 4. The molecule has 22 heavy (non-hydrogen) atoms. The molecule has 1 aromatic heterocycles. The van der Waals surface area contributed by atoms with Crippen molar-refractivity contribution in [2.45, 2.75) is 5.03 Å². The maximum atomic E-state index is 12.4. The van der Waals surface area contributed by atoms with Crippen LogP contribution in [0.4, 0.5) is 0 Å². The van der Waals surface area contributed by atoms with E-state index in [1.165, 1.54) is 24.3 Å². The van der Waals surface area contributed by atoms with Gasteiger partial charge in [0.2, 0.25) is 0 Å². The average Bonchev–Trinajstić information content (AvgIpc) is 2.47. The highest BCUT2D eigenvalue weighted by Crippen LogP contribution is 2.28. The van der Waals surface area contributed by atoms with Crippen LogP contribution in [0.1, 0.15) is 5.56 Å². The SMILES string of the molecule is N#C/C(=C/c1c(Cl)cccc1Cl)S(=O)(=O)c1cccc[n+]1[O-]. The molecular formula is C14H8Cl2N2O3S. The van der Waals surface area contributed by atoms with Crippen LogP contribution in [0.25, 0.3) is 6.08 Å². The Hall–Kier alpha value is -2.07. The van der Waals surface area contributed by atoms with E-state index in [-0.39, 0.29) is 20.3 Å². The Kier molecular flexibility index (Phi) is 4.71. The van der Waals surface area contributed by atoms with Crippen molar-refractivity contribution in [1.82, 2.24) is 0 Å². The fourth-order valence-electron chi connectivity index (χ4n) is 1.68. The Labute approximate surface area is 137 Å². The second-order valence-corrected chi connectivity index (χ2v) is 6.80. The number of rotatable bonds is 3. The number of allylic oxidation sites excluding steroid dienone is 1. The largest absolute Gasteiger partial charge is 0.618 e. The van der Waals surface area contributed by atoms with Gasteiger partial charge in [0, 0.05) is 27.7 Å². The summed E-state index contributed by atoms with van der Waals surface area (Å²) in [6.45, 7) is 0. The first-order chi connectivity index (χ1) is 10.4. The number of hydrogen-bond donors (Lipinski definition) is 0. The first-order valence-corrected chi connectivity index (χ1v) is 8.11. The smallest absolute Gasteiger partial charge is 0.314 e. The van der Waals surface area contributed by atoms with Gasteiger partial charge in [-0.3, -0.25) is 0 Å². The van der Waals surface area contributed by atoms with E-state index in [1.54, 1.807) is 12.1 Å². The Bertz CT molecular complexity index is 882. The van der Waals surface area contributed by atoms with E-state index < -0.39 is 19.8 Å². The molecule has 1 heterocycles. The summed E-state index contributed by atoms with van der Waals surface area (Å²) in [5, 5.41) is 20.6. The van der Waals surface area contributed by atoms with E-state index in [1.807, 2.05) is 0 Å². The maximum Gasteiger partial charge on any atom is 0.314 e. The maximum absolute atomic E-state index is 12.4. The molecule has 2 aromatic rings. The van der Waals surface area contributed by atoms with Crippen LogP contribution in [0.3, 0.4) is 0 Å². The van der Waals surface area contributed by atoms with Crippen LogP contribution in [0, 0.1) is 16.5 Å². The van der Waals surface area contributed by atoms with E-state index in [0.717, 1.165) is 18.3 Å². The molecule has 0 bridgehead atoms. The van der Waals surface area contributed by atoms with Crippen LogP contribution < -0.4 is 4.73 Å². The van der Waals surface area contributed by atoms with Crippen molar-refractivity contribution in [2.24, 2.45) is 0 Å². The number of pyridine rings is 1. The Morgan fingerprint density at radius 1 is 1.18 bits per heavy atom. The van der Waals surface area contributed by atoms with Crippen LogP contribution in [0.5, 0.6) is 0 Å².